The molecule has 0 radical (unpaired) electrons. The molecule has 21 heavy (non-hydrogen) atoms. The van der Waals surface area contributed by atoms with Gasteiger partial charge in [-0.2, -0.15) is 4.98 Å². The van der Waals surface area contributed by atoms with Gasteiger partial charge in [-0.05, 0) is 0 Å². The van der Waals surface area contributed by atoms with Crippen molar-refractivity contribution in [3.8, 4) is 0 Å². The van der Waals surface area contributed by atoms with Crippen LogP contribution >= 0.6 is 7.60 Å². The van der Waals surface area contributed by atoms with Crippen molar-refractivity contribution < 1.29 is 33.8 Å². The van der Waals surface area contributed by atoms with E-state index in [4.69, 9.17) is 29.8 Å². The highest BCUT2D eigenvalue weighted by Crippen LogP contribution is 2.35. The van der Waals surface area contributed by atoms with Crippen molar-refractivity contribution in [3.63, 3.8) is 0 Å². The number of ether oxygens (including phenoxy) is 2. The fourth-order valence-electron chi connectivity index (χ4n) is 1.59. The van der Waals surface area contributed by atoms with Crippen molar-refractivity contribution in [1.29, 1.82) is 0 Å². The maximum atomic E-state index is 11.4. The highest BCUT2D eigenvalue weighted by Gasteiger charge is 2.40. The van der Waals surface area contributed by atoms with E-state index in [1.807, 2.05) is 0 Å². The predicted octanol–water partition coefficient (Wildman–Crippen LogP) is -2.51. The average Bonchev–Trinajstić information content (AvgIpc) is 2.71. The largest absolute Gasteiger partial charge is 0.384 e. The summed E-state index contributed by atoms with van der Waals surface area (Å²) in [5.74, 6) is 0.00981. The number of anilines is 1. The standard InChI is InChI=1S/C9H14N3O8P/c10-6-1-2-12(9(14)11-6)20-8-7(13)5(3-18-8)19-4-21(15,16)17/h1-2,5,7-8,13H,3-4H2,(H2,10,11,14)(H2,15,16,17)/t5-,7+,8?/m0/s1. The van der Waals surface area contributed by atoms with Gasteiger partial charge in [-0.15, -0.1) is 4.73 Å². The molecule has 0 aliphatic carbocycles. The number of aliphatic hydroxyl groups is 1. The van der Waals surface area contributed by atoms with E-state index in [2.05, 4.69) is 4.98 Å². The van der Waals surface area contributed by atoms with Crippen LogP contribution in [-0.2, 0) is 14.0 Å². The Kier molecular flexibility index (Phi) is 4.61. The molecule has 0 amide bonds. The van der Waals surface area contributed by atoms with E-state index >= 15 is 0 Å². The monoisotopic (exact) mass is 323 g/mol. The van der Waals surface area contributed by atoms with Crippen LogP contribution in [0.25, 0.3) is 0 Å². The van der Waals surface area contributed by atoms with Crippen LogP contribution < -0.4 is 16.3 Å². The zero-order chi connectivity index (χ0) is 15.6. The van der Waals surface area contributed by atoms with Crippen LogP contribution in [-0.4, -0.2) is 56.1 Å². The third-order valence-electron chi connectivity index (χ3n) is 2.55. The number of aromatic nitrogens is 2. The lowest BCUT2D eigenvalue weighted by atomic mass is 10.2. The topological polar surface area (TPSA) is 166 Å². The molecule has 118 valence electrons. The lowest BCUT2D eigenvalue weighted by Gasteiger charge is -2.18. The second-order valence-electron chi connectivity index (χ2n) is 4.26. The van der Waals surface area contributed by atoms with E-state index in [-0.39, 0.29) is 12.4 Å². The summed E-state index contributed by atoms with van der Waals surface area (Å²) in [6, 6.07) is 1.31. The van der Waals surface area contributed by atoms with E-state index in [9.17, 15) is 14.5 Å². The molecule has 1 saturated heterocycles. The molecule has 2 heterocycles. The molecule has 1 aliphatic rings. The van der Waals surface area contributed by atoms with Gasteiger partial charge in [0, 0.05) is 6.07 Å². The van der Waals surface area contributed by atoms with Crippen LogP contribution in [0.1, 0.15) is 0 Å². The smallest absolute Gasteiger partial charge is 0.382 e. The molecule has 3 atom stereocenters. The first kappa shape index (κ1) is 15.9. The number of rotatable bonds is 5. The Balaban J connectivity index is 1.97. The Morgan fingerprint density at radius 1 is 1.57 bits per heavy atom. The van der Waals surface area contributed by atoms with Crippen molar-refractivity contribution in [2.45, 2.75) is 18.5 Å². The lowest BCUT2D eigenvalue weighted by molar-refractivity contribution is -0.159. The third-order valence-corrected chi connectivity index (χ3v) is 3.04. The summed E-state index contributed by atoms with van der Waals surface area (Å²) in [6.07, 6.45) is -3.21. The Bertz CT molecular complexity index is 601. The molecule has 1 aromatic rings. The van der Waals surface area contributed by atoms with E-state index in [1.165, 1.54) is 12.3 Å². The maximum absolute atomic E-state index is 11.4. The molecule has 12 heteroatoms. The minimum absolute atomic E-state index is 0.00981. The van der Waals surface area contributed by atoms with Crippen LogP contribution in [0.2, 0.25) is 0 Å². The zero-order valence-corrected chi connectivity index (χ0v) is 11.5. The van der Waals surface area contributed by atoms with E-state index in [0.717, 1.165) is 4.73 Å². The molecular weight excluding hydrogens is 309 g/mol. The minimum atomic E-state index is -4.35. The van der Waals surface area contributed by atoms with Crippen LogP contribution in [0.15, 0.2) is 17.1 Å². The Hall–Kier alpha value is -1.49. The summed E-state index contributed by atoms with van der Waals surface area (Å²) < 4.78 is 21.3. The van der Waals surface area contributed by atoms with Crippen molar-refractivity contribution in [2.75, 3.05) is 18.7 Å². The summed E-state index contributed by atoms with van der Waals surface area (Å²) in [5, 5.41) is 9.86. The summed E-state index contributed by atoms with van der Waals surface area (Å²) in [5.41, 5.74) is 4.51. The van der Waals surface area contributed by atoms with Gasteiger partial charge in [-0.25, -0.2) is 4.79 Å². The van der Waals surface area contributed by atoms with Crippen molar-refractivity contribution in [3.05, 3.63) is 22.7 Å². The quantitative estimate of drug-likeness (QED) is 0.425. The van der Waals surface area contributed by atoms with Gasteiger partial charge in [0.05, 0.1) is 12.8 Å². The van der Waals surface area contributed by atoms with E-state index < -0.39 is 38.1 Å². The fourth-order valence-corrected chi connectivity index (χ4v) is 1.98. The first-order chi connectivity index (χ1) is 9.76. The number of nitrogens with zero attached hydrogens (tertiary/aromatic N) is 2. The number of hydrogen-bond donors (Lipinski definition) is 4. The second-order valence-corrected chi connectivity index (χ2v) is 5.84. The third kappa shape index (κ3) is 4.24. The van der Waals surface area contributed by atoms with Crippen molar-refractivity contribution in [2.24, 2.45) is 0 Å². The number of aliphatic hydroxyl groups excluding tert-OH is 1. The van der Waals surface area contributed by atoms with Crippen LogP contribution in [0.3, 0.4) is 0 Å². The van der Waals surface area contributed by atoms with Crippen LogP contribution in [0, 0.1) is 0 Å². The molecular formula is C9H14N3O8P. The van der Waals surface area contributed by atoms with Gasteiger partial charge >= 0.3 is 13.3 Å². The number of nitrogens with two attached hydrogens (primary N) is 1. The minimum Gasteiger partial charge on any atom is -0.384 e. The van der Waals surface area contributed by atoms with Gasteiger partial charge in [0.25, 0.3) is 6.29 Å². The molecule has 1 aromatic heterocycles. The van der Waals surface area contributed by atoms with Crippen LogP contribution in [0.4, 0.5) is 5.82 Å². The van der Waals surface area contributed by atoms with Crippen molar-refractivity contribution >= 4 is 13.4 Å². The second kappa shape index (κ2) is 6.10. The SMILES string of the molecule is Nc1ccn(OC2OC[C@H](OCP(=O)(O)O)[C@H]2O)c(=O)n1. The Morgan fingerprint density at radius 3 is 2.90 bits per heavy atom. The lowest BCUT2D eigenvalue weighted by Crippen LogP contribution is -2.42. The summed E-state index contributed by atoms with van der Waals surface area (Å²) in [4.78, 5) is 37.3. The molecule has 2 rings (SSSR count). The molecule has 1 unspecified atom stereocenters. The molecule has 0 saturated carbocycles. The summed E-state index contributed by atoms with van der Waals surface area (Å²) in [6.45, 7) is -0.150. The molecule has 0 bridgehead atoms. The molecule has 0 aromatic carbocycles. The number of nitrogen functional groups attached to an aromatic ring is 1. The highest BCUT2D eigenvalue weighted by atomic mass is 31.2. The summed E-state index contributed by atoms with van der Waals surface area (Å²) in [7, 11) is -4.35. The summed E-state index contributed by atoms with van der Waals surface area (Å²) >= 11 is 0. The molecule has 1 fully saturated rings. The molecule has 11 nitrogen and oxygen atoms in total. The Morgan fingerprint density at radius 2 is 2.29 bits per heavy atom. The molecule has 0 spiro atoms. The van der Waals surface area contributed by atoms with Gasteiger partial charge < -0.3 is 34.9 Å². The maximum Gasteiger partial charge on any atom is 0.382 e. The van der Waals surface area contributed by atoms with Crippen molar-refractivity contribution in [1.82, 2.24) is 9.71 Å². The van der Waals surface area contributed by atoms with Gasteiger partial charge in [0.15, 0.2) is 0 Å². The van der Waals surface area contributed by atoms with Gasteiger partial charge in [0.2, 0.25) is 0 Å². The first-order valence-electron chi connectivity index (χ1n) is 5.74. The zero-order valence-electron chi connectivity index (χ0n) is 10.6. The number of hydrogen-bond acceptors (Lipinski definition) is 8. The van der Waals surface area contributed by atoms with Gasteiger partial charge in [0.1, 0.15) is 24.4 Å². The van der Waals surface area contributed by atoms with Gasteiger partial charge in [-0.1, -0.05) is 0 Å². The highest BCUT2D eigenvalue weighted by molar-refractivity contribution is 7.51. The average molecular weight is 323 g/mol. The van der Waals surface area contributed by atoms with Gasteiger partial charge in [-0.3, -0.25) is 4.57 Å². The molecule has 1 aliphatic heterocycles. The fraction of sp³-hybridized carbons (Fsp3) is 0.556. The Labute approximate surface area is 118 Å². The first-order valence-corrected chi connectivity index (χ1v) is 7.54. The van der Waals surface area contributed by atoms with E-state index in [0.29, 0.717) is 0 Å². The van der Waals surface area contributed by atoms with Crippen LogP contribution in [0.5, 0.6) is 0 Å². The predicted molar refractivity (Wildman–Crippen MR) is 67.0 cm³/mol. The van der Waals surface area contributed by atoms with E-state index in [1.54, 1.807) is 0 Å². The normalized spacial score (nSPS) is 26.0. The molecule has 5 N–H and O–H groups in total.